The fourth-order valence-corrected chi connectivity index (χ4v) is 2.17. The van der Waals surface area contributed by atoms with Gasteiger partial charge < -0.3 is 15.6 Å². The summed E-state index contributed by atoms with van der Waals surface area (Å²) in [5.41, 5.74) is 2.52. The lowest BCUT2D eigenvalue weighted by Gasteiger charge is -2.08. The van der Waals surface area contributed by atoms with Gasteiger partial charge in [0.05, 0.1) is 12.7 Å². The summed E-state index contributed by atoms with van der Waals surface area (Å²) in [5.74, 6) is 7.60. The zero-order valence-electron chi connectivity index (χ0n) is 9.33. The number of nitrogen functional groups attached to an aromatic ring is 1. The van der Waals surface area contributed by atoms with Crippen LogP contribution < -0.4 is 11.3 Å². The average molecular weight is 256 g/mol. The van der Waals surface area contributed by atoms with Crippen LogP contribution >= 0.6 is 11.8 Å². The van der Waals surface area contributed by atoms with Crippen LogP contribution in [0.4, 0.5) is 5.82 Å². The lowest BCUT2D eigenvalue weighted by molar-refractivity contribution is 0.113. The van der Waals surface area contributed by atoms with Crippen molar-refractivity contribution < 1.29 is 10.2 Å². The molecular formula is C10H16N4O2S. The Kier molecular flexibility index (Phi) is 4.16. The molecule has 1 aliphatic carbocycles. The van der Waals surface area contributed by atoms with Crippen molar-refractivity contribution in [3.8, 4) is 0 Å². The second-order valence-corrected chi connectivity index (χ2v) is 5.06. The molecule has 0 radical (unpaired) electrons. The van der Waals surface area contributed by atoms with E-state index in [0.29, 0.717) is 17.5 Å². The minimum absolute atomic E-state index is 0.241. The fraction of sp³-hybridized carbons (Fsp3) is 0.600. The molecule has 0 amide bonds. The van der Waals surface area contributed by atoms with Crippen molar-refractivity contribution in [2.24, 2.45) is 5.84 Å². The van der Waals surface area contributed by atoms with Crippen LogP contribution in [0.3, 0.4) is 0 Å². The normalized spacial score (nSPS) is 16.9. The van der Waals surface area contributed by atoms with E-state index in [0.717, 1.165) is 23.7 Å². The van der Waals surface area contributed by atoms with Crippen molar-refractivity contribution in [1.29, 1.82) is 0 Å². The van der Waals surface area contributed by atoms with Crippen LogP contribution in [0.5, 0.6) is 0 Å². The summed E-state index contributed by atoms with van der Waals surface area (Å²) in [6.45, 7) is -0.241. The minimum Gasteiger partial charge on any atom is -0.394 e. The molecular weight excluding hydrogens is 240 g/mol. The molecule has 0 aromatic carbocycles. The van der Waals surface area contributed by atoms with Crippen LogP contribution in [0.25, 0.3) is 0 Å². The third-order valence-corrected chi connectivity index (χ3v) is 3.50. The molecule has 1 heterocycles. The first-order valence-corrected chi connectivity index (χ1v) is 6.48. The Morgan fingerprint density at radius 3 is 2.88 bits per heavy atom. The predicted octanol–water partition coefficient (Wildman–Crippen LogP) is 0.0849. The molecule has 1 atom stereocenters. The first-order chi connectivity index (χ1) is 8.22. The predicted molar refractivity (Wildman–Crippen MR) is 65.6 cm³/mol. The summed E-state index contributed by atoms with van der Waals surface area (Å²) in [7, 11) is 0. The third kappa shape index (κ3) is 3.53. The Bertz CT molecular complexity index is 387. The molecule has 1 aliphatic rings. The van der Waals surface area contributed by atoms with Crippen molar-refractivity contribution in [1.82, 2.24) is 9.97 Å². The number of nitrogens with one attached hydrogen (secondary N) is 1. The summed E-state index contributed by atoms with van der Waals surface area (Å²) >= 11 is 1.39. The maximum absolute atomic E-state index is 9.28. The van der Waals surface area contributed by atoms with Crippen molar-refractivity contribution in [3.63, 3.8) is 0 Å². The molecule has 1 aromatic heterocycles. The number of hydrogen-bond acceptors (Lipinski definition) is 7. The number of nitrogens with two attached hydrogens (primary N) is 1. The number of rotatable bonds is 6. The molecule has 94 valence electrons. The fourth-order valence-electron chi connectivity index (χ4n) is 1.35. The quantitative estimate of drug-likeness (QED) is 0.247. The van der Waals surface area contributed by atoms with E-state index in [-0.39, 0.29) is 6.61 Å². The molecule has 2 rings (SSSR count). The molecule has 0 spiro atoms. The molecule has 5 N–H and O–H groups in total. The lowest BCUT2D eigenvalue weighted by atomic mass is 10.4. The van der Waals surface area contributed by atoms with Crippen LogP contribution in [-0.2, 0) is 0 Å². The van der Waals surface area contributed by atoms with Crippen LogP contribution in [0.2, 0.25) is 0 Å². The van der Waals surface area contributed by atoms with Crippen LogP contribution in [-0.4, -0.2) is 38.6 Å². The van der Waals surface area contributed by atoms with Gasteiger partial charge in [-0.25, -0.2) is 15.8 Å². The van der Waals surface area contributed by atoms with E-state index in [1.54, 1.807) is 6.07 Å². The van der Waals surface area contributed by atoms with Gasteiger partial charge in [-0.2, -0.15) is 0 Å². The molecule has 1 fully saturated rings. The molecule has 1 aromatic rings. The maximum Gasteiger partial charge on any atom is 0.144 e. The van der Waals surface area contributed by atoms with E-state index in [2.05, 4.69) is 15.4 Å². The van der Waals surface area contributed by atoms with Crippen molar-refractivity contribution in [2.45, 2.75) is 29.9 Å². The van der Waals surface area contributed by atoms with E-state index >= 15 is 0 Å². The van der Waals surface area contributed by atoms with Crippen molar-refractivity contribution in [3.05, 3.63) is 11.9 Å². The highest BCUT2D eigenvalue weighted by atomic mass is 32.2. The molecule has 0 aliphatic heterocycles. The summed E-state index contributed by atoms with van der Waals surface area (Å²) in [6, 6.07) is 1.74. The molecule has 17 heavy (non-hydrogen) atoms. The van der Waals surface area contributed by atoms with Gasteiger partial charge in [0.15, 0.2) is 0 Å². The Balaban J connectivity index is 2.06. The van der Waals surface area contributed by atoms with Crippen LogP contribution in [0.1, 0.15) is 24.6 Å². The van der Waals surface area contributed by atoms with Gasteiger partial charge in [-0.15, -0.1) is 11.8 Å². The van der Waals surface area contributed by atoms with E-state index in [1.807, 2.05) is 0 Å². The number of aliphatic hydroxyl groups is 2. The van der Waals surface area contributed by atoms with E-state index < -0.39 is 6.10 Å². The largest absolute Gasteiger partial charge is 0.394 e. The molecule has 0 bridgehead atoms. The first-order valence-electron chi connectivity index (χ1n) is 5.50. The van der Waals surface area contributed by atoms with Gasteiger partial charge in [-0.3, -0.25) is 0 Å². The summed E-state index contributed by atoms with van der Waals surface area (Å²) < 4.78 is 0. The summed E-state index contributed by atoms with van der Waals surface area (Å²) in [4.78, 5) is 8.70. The second kappa shape index (κ2) is 5.63. The highest BCUT2D eigenvalue weighted by Gasteiger charge is 2.27. The monoisotopic (exact) mass is 256 g/mol. The Hall–Kier alpha value is -0.890. The number of anilines is 1. The van der Waals surface area contributed by atoms with Gasteiger partial charge in [-0.05, 0) is 12.8 Å². The number of hydrazine groups is 1. The number of nitrogens with zero attached hydrogens (tertiary/aromatic N) is 2. The van der Waals surface area contributed by atoms with E-state index in [4.69, 9.17) is 10.9 Å². The molecule has 7 heteroatoms. The smallest absolute Gasteiger partial charge is 0.144 e. The van der Waals surface area contributed by atoms with Gasteiger partial charge in [0, 0.05) is 17.7 Å². The lowest BCUT2D eigenvalue weighted by Crippen LogP contribution is -2.15. The second-order valence-electron chi connectivity index (χ2n) is 4.02. The SMILES string of the molecule is NNc1cc(SCC(O)CO)nc(C2CC2)n1. The first kappa shape index (κ1) is 12.6. The Morgan fingerprint density at radius 1 is 1.53 bits per heavy atom. The zero-order chi connectivity index (χ0) is 12.3. The van der Waals surface area contributed by atoms with Gasteiger partial charge in [-0.1, -0.05) is 0 Å². The van der Waals surface area contributed by atoms with Gasteiger partial charge in [0.1, 0.15) is 16.7 Å². The van der Waals surface area contributed by atoms with Crippen LogP contribution in [0.15, 0.2) is 11.1 Å². The standard InChI is InChI=1S/C10H16N4O2S/c11-14-8-3-9(17-5-7(16)4-15)13-10(12-8)6-1-2-6/h3,6-7,15-16H,1-2,4-5,11H2,(H,12,13,14). The highest BCUT2D eigenvalue weighted by Crippen LogP contribution is 2.39. The van der Waals surface area contributed by atoms with Gasteiger partial charge in [0.2, 0.25) is 0 Å². The van der Waals surface area contributed by atoms with E-state index in [1.165, 1.54) is 11.8 Å². The molecule has 1 unspecified atom stereocenters. The zero-order valence-corrected chi connectivity index (χ0v) is 10.2. The average Bonchev–Trinajstić information content (AvgIpc) is 3.19. The van der Waals surface area contributed by atoms with E-state index in [9.17, 15) is 5.11 Å². The highest BCUT2D eigenvalue weighted by molar-refractivity contribution is 7.99. The molecule has 6 nitrogen and oxygen atoms in total. The number of thioether (sulfide) groups is 1. The van der Waals surface area contributed by atoms with Gasteiger partial charge in [0.25, 0.3) is 0 Å². The Morgan fingerprint density at radius 2 is 2.29 bits per heavy atom. The molecule has 0 saturated heterocycles. The summed E-state index contributed by atoms with van der Waals surface area (Å²) in [5, 5.41) is 18.8. The minimum atomic E-state index is -0.728. The van der Waals surface area contributed by atoms with Crippen molar-refractivity contribution in [2.75, 3.05) is 17.8 Å². The van der Waals surface area contributed by atoms with Crippen LogP contribution in [0, 0.1) is 0 Å². The number of aliphatic hydroxyl groups excluding tert-OH is 2. The Labute approximate surface area is 104 Å². The topological polar surface area (TPSA) is 104 Å². The summed E-state index contributed by atoms with van der Waals surface area (Å²) in [6.07, 6.45) is 1.52. The van der Waals surface area contributed by atoms with Gasteiger partial charge >= 0.3 is 0 Å². The number of aromatic nitrogens is 2. The number of hydrogen-bond donors (Lipinski definition) is 4. The van der Waals surface area contributed by atoms with Crippen molar-refractivity contribution >= 4 is 17.6 Å². The maximum atomic E-state index is 9.28. The third-order valence-electron chi connectivity index (χ3n) is 2.44. The molecule has 1 saturated carbocycles.